The van der Waals surface area contributed by atoms with E-state index >= 15 is 0 Å². The Morgan fingerprint density at radius 1 is 1.29 bits per heavy atom. The molecule has 0 saturated heterocycles. The maximum atomic E-state index is 14.6. The van der Waals surface area contributed by atoms with Gasteiger partial charge in [0.25, 0.3) is 0 Å². The van der Waals surface area contributed by atoms with Crippen molar-refractivity contribution in [2.75, 3.05) is 12.4 Å². The molecule has 3 aromatic rings. The summed E-state index contributed by atoms with van der Waals surface area (Å²) < 4.78 is 29.0. The summed E-state index contributed by atoms with van der Waals surface area (Å²) >= 11 is 5.86. The first-order chi connectivity index (χ1) is 14.7. The van der Waals surface area contributed by atoms with Gasteiger partial charge < -0.3 is 10.2 Å². The van der Waals surface area contributed by atoms with E-state index in [1.165, 1.54) is 35.4 Å². The highest BCUT2D eigenvalue weighted by Crippen LogP contribution is 2.39. The van der Waals surface area contributed by atoms with Crippen LogP contribution in [0.4, 0.5) is 14.5 Å². The van der Waals surface area contributed by atoms with Gasteiger partial charge in [-0.3, -0.25) is 14.7 Å². The minimum Gasteiger partial charge on any atom is -0.323 e. The third-order valence-electron chi connectivity index (χ3n) is 5.63. The molecule has 2 amide bonds. The Morgan fingerprint density at radius 3 is 2.81 bits per heavy atom. The van der Waals surface area contributed by atoms with Crippen molar-refractivity contribution < 1.29 is 18.4 Å². The van der Waals surface area contributed by atoms with Gasteiger partial charge in [0, 0.05) is 41.6 Å². The Kier molecular flexibility index (Phi) is 5.49. The molecule has 0 fully saturated rings. The first kappa shape index (κ1) is 21.0. The molecule has 0 spiro atoms. The highest BCUT2D eigenvalue weighted by Gasteiger charge is 2.33. The lowest BCUT2D eigenvalue weighted by Gasteiger charge is -2.33. The highest BCUT2D eigenvalue weighted by molar-refractivity contribution is 6.30. The number of anilines is 1. The summed E-state index contributed by atoms with van der Waals surface area (Å²) in [6.45, 7) is 1.71. The largest absolute Gasteiger partial charge is 0.323 e. The van der Waals surface area contributed by atoms with Crippen LogP contribution < -0.4 is 5.32 Å². The van der Waals surface area contributed by atoms with Crippen LogP contribution in [0.15, 0.2) is 47.8 Å². The average molecular weight is 445 g/mol. The predicted molar refractivity (Wildman–Crippen MR) is 114 cm³/mol. The van der Waals surface area contributed by atoms with Crippen molar-refractivity contribution in [2.24, 2.45) is 0 Å². The molecule has 1 unspecified atom stereocenters. The van der Waals surface area contributed by atoms with Crippen molar-refractivity contribution >= 4 is 40.0 Å². The molecule has 0 aliphatic carbocycles. The SMILES string of the molecule is CC1=C(CC(=O)Nc2cc3cn[nH]c3cc2F)C(c2ccc(Cl)cc2F)CC(=O)N1C. The third-order valence-corrected chi connectivity index (χ3v) is 5.87. The van der Waals surface area contributed by atoms with Crippen molar-refractivity contribution in [1.29, 1.82) is 0 Å². The fourth-order valence-corrected chi connectivity index (χ4v) is 4.01. The molecule has 0 saturated carbocycles. The van der Waals surface area contributed by atoms with Gasteiger partial charge in [-0.1, -0.05) is 17.7 Å². The van der Waals surface area contributed by atoms with E-state index in [9.17, 15) is 18.4 Å². The minimum atomic E-state index is -0.618. The molecule has 2 N–H and O–H groups in total. The summed E-state index contributed by atoms with van der Waals surface area (Å²) in [4.78, 5) is 26.7. The normalized spacial score (nSPS) is 16.9. The number of benzene rings is 2. The number of allylic oxidation sites excluding steroid dienone is 1. The van der Waals surface area contributed by atoms with Crippen molar-refractivity contribution in [3.05, 3.63) is 70.0 Å². The number of nitrogens with zero attached hydrogens (tertiary/aromatic N) is 2. The number of fused-ring (bicyclic) bond motifs is 1. The number of halogens is 3. The fraction of sp³-hybridized carbons (Fsp3) is 0.227. The number of carbonyl (C=O) groups excluding carboxylic acids is 2. The van der Waals surface area contributed by atoms with Crippen molar-refractivity contribution in [2.45, 2.75) is 25.7 Å². The number of hydrogen-bond acceptors (Lipinski definition) is 3. The van der Waals surface area contributed by atoms with E-state index in [0.29, 0.717) is 27.7 Å². The first-order valence-electron chi connectivity index (χ1n) is 9.58. The monoisotopic (exact) mass is 444 g/mol. The zero-order valence-electron chi connectivity index (χ0n) is 16.8. The number of amides is 2. The molecule has 9 heteroatoms. The summed E-state index contributed by atoms with van der Waals surface area (Å²) in [7, 11) is 1.61. The Bertz CT molecular complexity index is 1240. The zero-order valence-corrected chi connectivity index (χ0v) is 17.6. The van der Waals surface area contributed by atoms with E-state index in [-0.39, 0.29) is 29.5 Å². The smallest absolute Gasteiger partial charge is 0.228 e. The van der Waals surface area contributed by atoms with Crippen molar-refractivity contribution in [3.8, 4) is 0 Å². The van der Waals surface area contributed by atoms with Gasteiger partial charge in [-0.25, -0.2) is 8.78 Å². The molecule has 1 atom stereocenters. The maximum absolute atomic E-state index is 14.6. The van der Waals surface area contributed by atoms with Gasteiger partial charge in [0.2, 0.25) is 11.8 Å². The number of rotatable bonds is 4. The second-order valence-corrected chi connectivity index (χ2v) is 7.94. The Morgan fingerprint density at radius 2 is 2.06 bits per heavy atom. The lowest BCUT2D eigenvalue weighted by atomic mass is 9.82. The van der Waals surface area contributed by atoms with Crippen LogP contribution in [0.3, 0.4) is 0 Å². The van der Waals surface area contributed by atoms with E-state index in [2.05, 4.69) is 15.5 Å². The zero-order chi connectivity index (χ0) is 22.3. The van der Waals surface area contributed by atoms with Gasteiger partial charge in [-0.15, -0.1) is 0 Å². The van der Waals surface area contributed by atoms with Gasteiger partial charge >= 0.3 is 0 Å². The summed E-state index contributed by atoms with van der Waals surface area (Å²) in [5.74, 6) is -2.42. The van der Waals surface area contributed by atoms with Crippen LogP contribution in [0.2, 0.25) is 5.02 Å². The molecule has 160 valence electrons. The molecule has 1 aliphatic rings. The van der Waals surface area contributed by atoms with Gasteiger partial charge in [-0.2, -0.15) is 5.10 Å². The molecular formula is C22H19ClF2N4O2. The third kappa shape index (κ3) is 4.03. The highest BCUT2D eigenvalue weighted by atomic mass is 35.5. The number of hydrogen-bond donors (Lipinski definition) is 2. The van der Waals surface area contributed by atoms with Gasteiger partial charge in [0.15, 0.2) is 0 Å². The topological polar surface area (TPSA) is 78.1 Å². The van der Waals surface area contributed by atoms with Crippen LogP contribution in [0.5, 0.6) is 0 Å². The number of aromatic amines is 1. The number of nitrogens with one attached hydrogen (secondary N) is 2. The van der Waals surface area contributed by atoms with Gasteiger partial charge in [-0.05, 0) is 36.3 Å². The molecule has 2 heterocycles. The standard InChI is InChI=1S/C22H19ClF2N4O2/c1-11-15(7-21(30)27-20-5-12-10-26-28-19(12)9-18(20)25)16(8-22(31)29(11)2)14-4-3-13(23)6-17(14)24/h3-6,9-10,16H,7-8H2,1-2H3,(H,26,28)(H,27,30). The molecule has 0 bridgehead atoms. The lowest BCUT2D eigenvalue weighted by Crippen LogP contribution is -2.34. The molecule has 6 nitrogen and oxygen atoms in total. The number of aromatic nitrogens is 2. The van der Waals surface area contributed by atoms with Crippen molar-refractivity contribution in [1.82, 2.24) is 15.1 Å². The van der Waals surface area contributed by atoms with E-state index in [1.54, 1.807) is 20.0 Å². The molecule has 1 aliphatic heterocycles. The van der Waals surface area contributed by atoms with Crippen LogP contribution in [-0.2, 0) is 9.59 Å². The van der Waals surface area contributed by atoms with Crippen molar-refractivity contribution in [3.63, 3.8) is 0 Å². The molecule has 2 aromatic carbocycles. The Hall–Kier alpha value is -3.26. The van der Waals surface area contributed by atoms with Crippen LogP contribution >= 0.6 is 11.6 Å². The summed E-state index contributed by atoms with van der Waals surface area (Å²) in [6, 6.07) is 6.99. The molecule has 4 rings (SSSR count). The van der Waals surface area contributed by atoms with Crippen LogP contribution in [0.25, 0.3) is 10.9 Å². The van der Waals surface area contributed by atoms with Gasteiger partial charge in [0.05, 0.1) is 23.8 Å². The summed E-state index contributed by atoms with van der Waals surface area (Å²) in [6.07, 6.45) is 1.42. The van der Waals surface area contributed by atoms with E-state index in [4.69, 9.17) is 11.6 Å². The van der Waals surface area contributed by atoms with E-state index in [0.717, 1.165) is 0 Å². The summed E-state index contributed by atoms with van der Waals surface area (Å²) in [5.41, 5.74) is 1.98. The molecule has 0 radical (unpaired) electrons. The first-order valence-corrected chi connectivity index (χ1v) is 9.96. The number of H-pyrrole nitrogens is 1. The molecule has 1 aromatic heterocycles. The van der Waals surface area contributed by atoms with Gasteiger partial charge in [0.1, 0.15) is 11.6 Å². The Labute approximate surface area is 181 Å². The Balaban J connectivity index is 1.64. The average Bonchev–Trinajstić information content (AvgIpc) is 3.16. The second-order valence-electron chi connectivity index (χ2n) is 7.50. The predicted octanol–water partition coefficient (Wildman–Crippen LogP) is 4.74. The van der Waals surface area contributed by atoms with Crippen LogP contribution in [-0.4, -0.2) is 34.0 Å². The fourth-order valence-electron chi connectivity index (χ4n) is 3.85. The summed E-state index contributed by atoms with van der Waals surface area (Å²) in [5, 5.41) is 9.97. The number of carbonyl (C=O) groups is 2. The quantitative estimate of drug-likeness (QED) is 0.610. The van der Waals surface area contributed by atoms with E-state index < -0.39 is 23.5 Å². The van der Waals surface area contributed by atoms with E-state index in [1.807, 2.05) is 0 Å². The molecule has 31 heavy (non-hydrogen) atoms. The lowest BCUT2D eigenvalue weighted by molar-refractivity contribution is -0.129. The second kappa shape index (κ2) is 8.11. The maximum Gasteiger partial charge on any atom is 0.228 e. The molecular weight excluding hydrogens is 426 g/mol. The minimum absolute atomic E-state index is 0.0182. The van der Waals surface area contributed by atoms with Crippen LogP contribution in [0, 0.1) is 11.6 Å². The van der Waals surface area contributed by atoms with Crippen LogP contribution in [0.1, 0.15) is 31.2 Å².